The van der Waals surface area contributed by atoms with Gasteiger partial charge in [-0.2, -0.15) is 11.8 Å². The summed E-state index contributed by atoms with van der Waals surface area (Å²) in [5.41, 5.74) is 18.9. The number of thioether (sulfide) groups is 1. The molecule has 87 heavy (non-hydrogen) atoms. The number of para-hydroxylation sites is 1. The van der Waals surface area contributed by atoms with Crippen LogP contribution >= 0.6 is 79.8 Å². The van der Waals surface area contributed by atoms with Gasteiger partial charge in [0.1, 0.15) is 30.2 Å². The number of rotatable bonds is 24. The number of H-pyrrole nitrogens is 2. The van der Waals surface area contributed by atoms with Crippen LogP contribution in [0.5, 0.6) is 0 Å². The third-order valence-electron chi connectivity index (χ3n) is 14.7. The lowest BCUT2D eigenvalue weighted by Crippen LogP contribution is -2.60. The standard InChI is InChI=1S/C55H72Cl4N16O9S3/c56-33-19-29(45(57)47(59)46(33)58)20-36-50(80)69-35(11-8-16-65-54(61)62)49(79)72-38(21-30-23-66-34-10-4-3-9-32(30)34)53(83)75(25-42(60)76)17-18-86-87-27-40(52(82)71-37(51(81)70-36)22-31-24-63-28-67-31)68-44(78)14-2-1-7-15-64-43(77)13-6-5-12-41-48-39(26-85-41)73-55(84)74-48/h3-4,9-10,19,23-24,28,35-41,48,66H,1-2,5-8,11-18,20-22,25-27H2,(H2,60,76)(H,63,67)(H,64,77)(H,68,78)(H,69,80)(H,70,81)(H,71,82)(H,72,79)(H4,61,62,65)(H2,73,74,84)/t35-,36+,37-,38-,39-,40-,41-,48-/m0/s1. The van der Waals surface area contributed by atoms with Gasteiger partial charge < -0.3 is 74.6 Å². The summed E-state index contributed by atoms with van der Waals surface area (Å²) in [5, 5.41) is 23.5. The Hall–Kier alpha value is -6.30. The predicted octanol–water partition coefficient (Wildman–Crippen LogP) is 3.12. The lowest BCUT2D eigenvalue weighted by molar-refractivity contribution is -0.139. The highest BCUT2D eigenvalue weighted by Crippen LogP contribution is 2.39. The average Bonchev–Trinajstić information content (AvgIpc) is 3.18. The van der Waals surface area contributed by atoms with Gasteiger partial charge in [0, 0.05) is 103 Å². The van der Waals surface area contributed by atoms with Crippen LogP contribution in [0.4, 0.5) is 4.79 Å². The Morgan fingerprint density at radius 3 is 2.16 bits per heavy atom. The molecule has 3 saturated heterocycles. The number of primary amides is 1. The fourth-order valence-electron chi connectivity index (χ4n) is 10.2. The van der Waals surface area contributed by atoms with Crippen LogP contribution in [0.25, 0.3) is 10.9 Å². The van der Waals surface area contributed by atoms with Gasteiger partial charge in [-0.15, -0.1) is 0 Å². The third kappa shape index (κ3) is 20.6. The van der Waals surface area contributed by atoms with Crippen molar-refractivity contribution in [2.24, 2.45) is 22.2 Å². The van der Waals surface area contributed by atoms with Crippen molar-refractivity contribution in [2.75, 3.05) is 43.4 Å². The van der Waals surface area contributed by atoms with Crippen molar-refractivity contribution in [3.63, 3.8) is 0 Å². The first-order valence-electron chi connectivity index (χ1n) is 28.4. The molecule has 25 nitrogen and oxygen atoms in total. The molecule has 32 heteroatoms. The van der Waals surface area contributed by atoms with Crippen molar-refractivity contribution < 1.29 is 43.2 Å². The number of unbranched alkanes of at least 4 members (excludes halogenated alkanes) is 3. The van der Waals surface area contributed by atoms with E-state index in [1.54, 1.807) is 6.20 Å². The number of carbonyl (C=O) groups excluding carboxylic acids is 9. The molecule has 8 atom stereocenters. The van der Waals surface area contributed by atoms with E-state index in [0.717, 1.165) is 35.9 Å². The minimum absolute atomic E-state index is 0.0262. The number of hydrogen-bond donors (Lipinski definition) is 13. The van der Waals surface area contributed by atoms with Crippen molar-refractivity contribution in [3.8, 4) is 0 Å². The van der Waals surface area contributed by atoms with E-state index in [9.17, 15) is 43.2 Å². The SMILES string of the molecule is NC(=O)CN1CCSSC[C@H](NC(=O)CCCCCNC(=O)CCCC[C@@H]2SC[C@@H]3NC(=O)N[C@@H]32)C(=O)N[C@@H](Cc2cnc[nH]2)C(=O)N[C@H](Cc2cc(Cl)c(Cl)c(Cl)c2Cl)C(=O)N[C@@H](CCCN=C(N)N)C(=O)N[C@@H](Cc2c[nH]c3ccccc23)C1=O. The molecule has 0 spiro atoms. The number of nitrogens with zero attached hydrogens (tertiary/aromatic N) is 3. The fourth-order valence-corrected chi connectivity index (χ4v) is 14.9. The molecular formula is C55H72Cl4N16O9S3. The number of imidazole rings is 1. The molecule has 2 aromatic carbocycles. The number of nitrogens with one attached hydrogen (secondary N) is 10. The highest BCUT2D eigenvalue weighted by Gasteiger charge is 2.43. The number of urea groups is 1. The summed E-state index contributed by atoms with van der Waals surface area (Å²) in [6.07, 6.45) is 8.40. The molecule has 0 bridgehead atoms. The van der Waals surface area contributed by atoms with Crippen LogP contribution in [0.2, 0.25) is 20.1 Å². The fraction of sp³-hybridized carbons (Fsp3) is 0.509. The van der Waals surface area contributed by atoms with E-state index in [0.29, 0.717) is 48.7 Å². The number of aliphatic imine (C=N–C) groups is 1. The predicted molar refractivity (Wildman–Crippen MR) is 340 cm³/mol. The van der Waals surface area contributed by atoms with E-state index in [1.165, 1.54) is 45.1 Å². The molecule has 472 valence electrons. The molecule has 7 rings (SSSR count). The second kappa shape index (κ2) is 33.9. The highest BCUT2D eigenvalue weighted by molar-refractivity contribution is 8.76. The first-order valence-corrected chi connectivity index (χ1v) is 33.5. The van der Waals surface area contributed by atoms with Gasteiger partial charge in [-0.3, -0.25) is 43.3 Å². The zero-order chi connectivity index (χ0) is 62.6. The maximum atomic E-state index is 14.9. The molecule has 0 saturated carbocycles. The van der Waals surface area contributed by atoms with E-state index >= 15 is 0 Å². The largest absolute Gasteiger partial charge is 0.370 e. The van der Waals surface area contributed by atoms with Gasteiger partial charge in [-0.05, 0) is 61.8 Å². The monoisotopic (exact) mass is 1340 g/mol. The normalized spacial score (nSPS) is 22.5. The number of amides is 10. The van der Waals surface area contributed by atoms with E-state index in [1.807, 2.05) is 36.0 Å². The molecule has 0 aliphatic carbocycles. The van der Waals surface area contributed by atoms with Crippen LogP contribution in [-0.2, 0) is 57.6 Å². The zero-order valence-corrected chi connectivity index (χ0v) is 52.8. The van der Waals surface area contributed by atoms with Crippen LogP contribution in [0.1, 0.15) is 81.0 Å². The number of fused-ring (bicyclic) bond motifs is 2. The summed E-state index contributed by atoms with van der Waals surface area (Å²) >= 11 is 27.8. The minimum atomic E-state index is -1.59. The number of aromatic nitrogens is 3. The summed E-state index contributed by atoms with van der Waals surface area (Å²) in [4.78, 5) is 140. The van der Waals surface area contributed by atoms with E-state index < -0.39 is 84.5 Å². The molecule has 3 fully saturated rings. The average molecular weight is 1340 g/mol. The van der Waals surface area contributed by atoms with Gasteiger partial charge in [-0.25, -0.2) is 9.78 Å². The number of hydrogen-bond acceptors (Lipinski definition) is 14. The first kappa shape index (κ1) is 68.2. The number of benzene rings is 2. The minimum Gasteiger partial charge on any atom is -0.370 e. The number of halogens is 4. The van der Waals surface area contributed by atoms with Crippen molar-refractivity contribution in [3.05, 3.63) is 86.0 Å². The quantitative estimate of drug-likeness (QED) is 0.00912. The van der Waals surface area contributed by atoms with E-state index in [2.05, 4.69) is 62.5 Å². The van der Waals surface area contributed by atoms with Gasteiger partial charge in [-0.1, -0.05) is 99.0 Å². The number of guanidine groups is 1. The van der Waals surface area contributed by atoms with Gasteiger partial charge in [0.25, 0.3) is 0 Å². The molecule has 10 amide bonds. The lowest BCUT2D eigenvalue weighted by Gasteiger charge is -2.30. The molecule has 0 radical (unpaired) electrons. The summed E-state index contributed by atoms with van der Waals surface area (Å²) in [7, 11) is 2.42. The Kier molecular flexibility index (Phi) is 26.6. The maximum absolute atomic E-state index is 14.9. The van der Waals surface area contributed by atoms with Gasteiger partial charge in [0.15, 0.2) is 5.96 Å². The van der Waals surface area contributed by atoms with Crippen LogP contribution in [0.15, 0.2) is 54.0 Å². The second-order valence-corrected chi connectivity index (χ2v) is 26.6. The Morgan fingerprint density at radius 2 is 1.40 bits per heavy atom. The topological polar surface area (TPSA) is 388 Å². The molecule has 4 aromatic rings. The third-order valence-corrected chi connectivity index (χ3v) is 20.4. The maximum Gasteiger partial charge on any atom is 0.315 e. The number of carbonyl (C=O) groups is 9. The lowest BCUT2D eigenvalue weighted by atomic mass is 10.0. The van der Waals surface area contributed by atoms with Gasteiger partial charge in [0.2, 0.25) is 47.3 Å². The van der Waals surface area contributed by atoms with Crippen molar-refractivity contribution >= 4 is 150 Å². The Morgan fingerprint density at radius 1 is 0.701 bits per heavy atom. The van der Waals surface area contributed by atoms with Gasteiger partial charge >= 0.3 is 6.03 Å². The highest BCUT2D eigenvalue weighted by atomic mass is 35.5. The van der Waals surface area contributed by atoms with E-state index in [4.69, 9.17) is 63.6 Å². The molecule has 3 aliphatic heterocycles. The molecule has 0 unspecified atom stereocenters. The molecule has 3 aliphatic rings. The van der Waals surface area contributed by atoms with Crippen molar-refractivity contribution in [2.45, 2.75) is 131 Å². The van der Waals surface area contributed by atoms with E-state index in [-0.39, 0.29) is 112 Å². The number of nitrogens with two attached hydrogens (primary N) is 3. The zero-order valence-electron chi connectivity index (χ0n) is 47.4. The van der Waals surface area contributed by atoms with Crippen LogP contribution in [0, 0.1) is 0 Å². The number of aromatic amines is 2. The Balaban J connectivity index is 1.11. The molecule has 5 heterocycles. The summed E-state index contributed by atoms with van der Waals surface area (Å²) in [5.74, 6) is -4.62. The summed E-state index contributed by atoms with van der Waals surface area (Å²) in [6.45, 7) is -0.140. The smallest absolute Gasteiger partial charge is 0.315 e. The van der Waals surface area contributed by atoms with Gasteiger partial charge in [0.05, 0.1) is 45.0 Å². The second-order valence-electron chi connectivity index (χ2n) is 21.2. The van der Waals surface area contributed by atoms with Crippen LogP contribution in [-0.4, -0.2) is 170 Å². The first-order chi connectivity index (χ1) is 41.7. The van der Waals surface area contributed by atoms with Crippen LogP contribution in [0.3, 0.4) is 0 Å². The van der Waals surface area contributed by atoms with Crippen molar-refractivity contribution in [1.82, 2.24) is 62.4 Å². The van der Waals surface area contributed by atoms with Crippen LogP contribution < -0.4 is 59.7 Å². The van der Waals surface area contributed by atoms with Crippen molar-refractivity contribution in [1.29, 1.82) is 0 Å². The Labute approximate surface area is 534 Å². The summed E-state index contributed by atoms with van der Waals surface area (Å²) < 4.78 is 0. The molecular weight excluding hydrogens is 1270 g/mol. The summed E-state index contributed by atoms with van der Waals surface area (Å²) in [6, 6.07) is 1.81. The Bertz CT molecular complexity index is 3120. The molecule has 2 aromatic heterocycles. The molecule has 16 N–H and O–H groups in total.